The van der Waals surface area contributed by atoms with E-state index in [1.807, 2.05) is 96.0 Å². The Balaban J connectivity index is 0.676. The smallest absolute Gasteiger partial charge is 0.506 e. The number of nitrogens with zero attached hydrogens (tertiary/aromatic N) is 6. The van der Waals surface area contributed by atoms with E-state index in [9.17, 15) is 19.2 Å². The molecule has 6 atom stereocenters. The van der Waals surface area contributed by atoms with E-state index in [-0.39, 0.29) is 36.0 Å². The fourth-order valence-corrected chi connectivity index (χ4v) is 15.4. The third-order valence-electron chi connectivity index (χ3n) is 20.2. The average molecular weight is 1300 g/mol. The van der Waals surface area contributed by atoms with Crippen molar-refractivity contribution in [1.29, 1.82) is 10.5 Å². The molecule has 0 radical (unpaired) electrons. The van der Waals surface area contributed by atoms with Gasteiger partial charge >= 0.3 is 7.40 Å². The van der Waals surface area contributed by atoms with Crippen LogP contribution in [0.25, 0.3) is 60.5 Å². The Morgan fingerprint density at radius 3 is 1.87 bits per heavy atom. The summed E-state index contributed by atoms with van der Waals surface area (Å²) in [5.74, 6) is 0.0802. The first kappa shape index (κ1) is 62.1. The van der Waals surface area contributed by atoms with Crippen LogP contribution in [0.2, 0.25) is 0 Å². The van der Waals surface area contributed by atoms with E-state index in [1.165, 1.54) is 11.8 Å². The van der Waals surface area contributed by atoms with Gasteiger partial charge in [-0.2, -0.15) is 10.5 Å². The van der Waals surface area contributed by atoms with Crippen LogP contribution in [0.15, 0.2) is 308 Å². The number of nitrogens with one attached hydrogen (secondary N) is 4. The molecule has 0 saturated heterocycles. The van der Waals surface area contributed by atoms with Crippen molar-refractivity contribution in [2.75, 3.05) is 19.9 Å². The number of benzene rings is 10. The highest BCUT2D eigenvalue weighted by Gasteiger charge is 2.36. The summed E-state index contributed by atoms with van der Waals surface area (Å²) in [5.41, 5.74) is 18.4. The third kappa shape index (κ3) is 11.9. The molecule has 6 unspecified atom stereocenters. The van der Waals surface area contributed by atoms with Gasteiger partial charge in [0, 0.05) is 56.5 Å². The Bertz CT molecular complexity index is 5080. The minimum atomic E-state index is -2.60. The van der Waals surface area contributed by atoms with Crippen molar-refractivity contribution >= 4 is 76.3 Å². The summed E-state index contributed by atoms with van der Waals surface area (Å²) in [4.78, 5) is 7.58. The zero-order valence-electron chi connectivity index (χ0n) is 54.4. The van der Waals surface area contributed by atoms with Crippen molar-refractivity contribution in [1.82, 2.24) is 20.8 Å². The summed E-state index contributed by atoms with van der Waals surface area (Å²) in [6.07, 6.45) is 25.6. The van der Waals surface area contributed by atoms with Gasteiger partial charge in [0.05, 0.1) is 35.7 Å². The Kier molecular flexibility index (Phi) is 17.0. The quantitative estimate of drug-likeness (QED) is 0.0490. The van der Waals surface area contributed by atoms with Crippen LogP contribution < -0.4 is 35.9 Å². The van der Waals surface area contributed by atoms with E-state index in [0.29, 0.717) is 29.6 Å². The zero-order valence-corrected chi connectivity index (χ0v) is 54.4. The Morgan fingerprint density at radius 1 is 0.576 bits per heavy atom. The van der Waals surface area contributed by atoms with Crippen LogP contribution in [0.5, 0.6) is 0 Å². The predicted molar refractivity (Wildman–Crippen MR) is 401 cm³/mol. The summed E-state index contributed by atoms with van der Waals surface area (Å²) >= 11 is 0. The fraction of sp³-hybridized carbons (Fsp3) is 0.119. The van der Waals surface area contributed by atoms with Gasteiger partial charge in [-0.15, -0.1) is 0 Å². The number of hydrogen-bond donors (Lipinski definition) is 4. The lowest BCUT2D eigenvalue weighted by molar-refractivity contribution is 0.259. The normalized spacial score (nSPS) is 19.6. The summed E-state index contributed by atoms with van der Waals surface area (Å²) in [6.45, 7) is 0. The molecule has 4 aliphatic heterocycles. The molecular formula is C84H68B2F3N10-. The molecule has 4 N–H and O–H groups in total. The fourth-order valence-electron chi connectivity index (χ4n) is 15.4. The van der Waals surface area contributed by atoms with Crippen LogP contribution in [-0.4, -0.2) is 38.3 Å². The van der Waals surface area contributed by atoms with Gasteiger partial charge in [-0.25, -0.2) is 0 Å². The van der Waals surface area contributed by atoms with E-state index in [0.717, 1.165) is 124 Å². The lowest BCUT2D eigenvalue weighted by Crippen LogP contribution is -2.50. The van der Waals surface area contributed by atoms with E-state index in [2.05, 4.69) is 231 Å². The molecular weight excluding hydrogens is 1230 g/mol. The standard InChI is InChI=1S/C84H68B2F3N10/c87-85-99-78-50-49-70(72-17-11-19-74(82(72)78)84(99)94-79-21-7-9-51-92-79)60-29-41-66(42-30-60)98(64-37-25-58(26-38-64)56-15-5-2-6-16-56)68-45-33-62(34-46-68)76(54-91)75(53-90)61-31-43-67(44-32-61)97(63-35-23-57(24-36-63)55-13-3-1-4-14-55)65-39-27-59(28-40-65)69-47-48-73-81-71(69)18-12-20-77(81)93-83(73)95-80-22-8-10-52-96(80)86(88)89/h1-7,9-21,23-27,29-43,45-52,59,67,79-80,83-84,92-95H,8,22,28,44,85H2/q-1. The molecule has 6 aliphatic rings. The molecule has 0 saturated carbocycles. The number of halogens is 3. The first-order valence-electron chi connectivity index (χ1n) is 34.0. The number of hydrogen-bond acceptors (Lipinski definition) is 10. The van der Waals surface area contributed by atoms with Crippen LogP contribution in [0, 0.1) is 22.7 Å². The first-order chi connectivity index (χ1) is 48.8. The summed E-state index contributed by atoms with van der Waals surface area (Å²) in [5, 5.41) is 40.5. The average Bonchev–Trinajstić information content (AvgIpc) is 1.61. The second-order valence-electron chi connectivity index (χ2n) is 25.8. The van der Waals surface area contributed by atoms with E-state index in [1.54, 1.807) is 6.08 Å². The molecule has 0 aromatic heterocycles. The number of rotatable bonds is 18. The van der Waals surface area contributed by atoms with Gasteiger partial charge < -0.3 is 34.4 Å². The van der Waals surface area contributed by atoms with Gasteiger partial charge in [-0.1, -0.05) is 200 Å². The summed E-state index contributed by atoms with van der Waals surface area (Å²) in [6, 6.07) is 80.2. The maximum absolute atomic E-state index is 15.1. The van der Waals surface area contributed by atoms with Crippen molar-refractivity contribution in [3.05, 3.63) is 331 Å². The minimum Gasteiger partial charge on any atom is -0.506 e. The largest absolute Gasteiger partial charge is 0.674 e. The van der Waals surface area contributed by atoms with Crippen molar-refractivity contribution in [3.8, 4) is 45.5 Å². The van der Waals surface area contributed by atoms with Gasteiger partial charge in [0.25, 0.3) is 0 Å². The maximum atomic E-state index is 15.1. The predicted octanol–water partition coefficient (Wildman–Crippen LogP) is 18.9. The van der Waals surface area contributed by atoms with Crippen molar-refractivity contribution in [2.24, 2.45) is 0 Å². The lowest BCUT2D eigenvalue weighted by atomic mass is 9.86. The Morgan fingerprint density at radius 2 is 1.23 bits per heavy atom. The topological polar surface area (TPSA) is 109 Å². The van der Waals surface area contributed by atoms with Crippen LogP contribution in [-0.2, 0) is 0 Å². The number of dihydropyridines is 1. The Hall–Kier alpha value is -11.7. The highest BCUT2D eigenvalue weighted by Crippen LogP contribution is 2.48. The molecule has 4 heterocycles. The lowest BCUT2D eigenvalue weighted by Gasteiger charge is -2.36. The van der Waals surface area contributed by atoms with Crippen LogP contribution in [0.3, 0.4) is 0 Å². The van der Waals surface area contributed by atoms with Gasteiger partial charge in [0.15, 0.2) is 0 Å². The molecule has 0 bridgehead atoms. The molecule has 16 rings (SSSR count). The van der Waals surface area contributed by atoms with Gasteiger partial charge in [-0.05, 0) is 189 Å². The number of allylic oxidation sites excluding steroid dienone is 10. The van der Waals surface area contributed by atoms with Gasteiger partial charge in [0.1, 0.15) is 18.3 Å². The summed E-state index contributed by atoms with van der Waals surface area (Å²) in [7, 11) is -4.54. The molecule has 99 heavy (non-hydrogen) atoms. The number of nitriles is 2. The summed E-state index contributed by atoms with van der Waals surface area (Å²) < 4.78 is 43.4. The molecule has 10 aromatic carbocycles. The first-order valence-corrected chi connectivity index (χ1v) is 34.0. The maximum Gasteiger partial charge on any atom is 0.674 e. The van der Waals surface area contributed by atoms with Crippen molar-refractivity contribution in [3.63, 3.8) is 0 Å². The van der Waals surface area contributed by atoms with Crippen molar-refractivity contribution in [2.45, 2.75) is 62.3 Å². The molecule has 15 heteroatoms. The van der Waals surface area contributed by atoms with E-state index < -0.39 is 21.3 Å². The van der Waals surface area contributed by atoms with Gasteiger partial charge in [-0.3, -0.25) is 19.3 Å². The second-order valence-corrected chi connectivity index (χ2v) is 25.8. The molecule has 10 aromatic rings. The van der Waals surface area contributed by atoms with Crippen LogP contribution in [0.1, 0.15) is 66.2 Å². The molecule has 0 amide bonds. The highest BCUT2D eigenvalue weighted by molar-refractivity contribution is 6.39. The third-order valence-corrected chi connectivity index (χ3v) is 20.2. The monoisotopic (exact) mass is 1300 g/mol. The molecule has 10 nitrogen and oxygen atoms in total. The SMILES string of the molecule is N#CC(C1=CCC(N(C2=CCC(c3ccc4c5c(cccc35)NC4NC3CCC=CN3B(F)F)C=C2)c2ccc(-c3ccccc3)cc2)C=C1)=C(C#N)c1ccc(N(c2ccc(-c3ccccc3)cc2)c2ccc(-c3ccc4c5c(cccc35)C(NC3C=CC=CN3)N4[BH2-]F)cc2)cc1. The van der Waals surface area contributed by atoms with Gasteiger partial charge in [0.2, 0.25) is 7.69 Å². The van der Waals surface area contributed by atoms with E-state index >= 15 is 4.32 Å². The zero-order chi connectivity index (χ0) is 66.9. The molecule has 2 aliphatic carbocycles. The molecule has 0 fully saturated rings. The second kappa shape index (κ2) is 27.0. The minimum absolute atomic E-state index is 0.0802. The Labute approximate surface area is 575 Å². The van der Waals surface area contributed by atoms with E-state index in [4.69, 9.17) is 0 Å². The molecule has 482 valence electrons. The van der Waals surface area contributed by atoms with Crippen LogP contribution >= 0.6 is 0 Å². The van der Waals surface area contributed by atoms with Crippen molar-refractivity contribution < 1.29 is 12.9 Å². The van der Waals surface area contributed by atoms with Crippen LogP contribution in [0.4, 0.5) is 47.1 Å². The highest BCUT2D eigenvalue weighted by atomic mass is 19.2. The number of anilines is 6. The molecule has 0 spiro atoms.